The van der Waals surface area contributed by atoms with E-state index in [1.54, 1.807) is 11.3 Å². The summed E-state index contributed by atoms with van der Waals surface area (Å²) < 4.78 is 0. The number of hydrogen-bond donors (Lipinski definition) is 0. The quantitative estimate of drug-likeness (QED) is 0.824. The zero-order valence-electron chi connectivity index (χ0n) is 10.3. The Labute approximate surface area is 111 Å². The first-order valence-corrected chi connectivity index (χ1v) is 6.75. The molecule has 0 unspecified atom stereocenters. The lowest BCUT2D eigenvalue weighted by atomic mass is 10.2. The van der Waals surface area contributed by atoms with Gasteiger partial charge >= 0.3 is 0 Å². The van der Waals surface area contributed by atoms with Gasteiger partial charge in [-0.2, -0.15) is 5.26 Å². The van der Waals surface area contributed by atoms with Gasteiger partial charge in [-0.05, 0) is 19.1 Å². The van der Waals surface area contributed by atoms with E-state index >= 15 is 0 Å². The number of rotatable bonds is 5. The Morgan fingerprint density at radius 2 is 2.11 bits per heavy atom. The molecule has 0 saturated heterocycles. The van der Waals surface area contributed by atoms with Crippen LogP contribution in [-0.2, 0) is 6.54 Å². The molecule has 0 bridgehead atoms. The molecule has 0 atom stereocenters. The second-order valence-electron chi connectivity index (χ2n) is 4.02. The summed E-state index contributed by atoms with van der Waals surface area (Å²) in [6, 6.07) is 12.4. The molecular formula is C14H15N3S. The Balaban J connectivity index is 2.13. The molecule has 2 aromatic rings. The minimum atomic E-state index is 0.526. The molecule has 0 N–H and O–H groups in total. The Morgan fingerprint density at radius 1 is 1.33 bits per heavy atom. The topological polar surface area (TPSA) is 39.9 Å². The molecule has 0 aliphatic rings. The Kier molecular flexibility index (Phi) is 4.32. The van der Waals surface area contributed by atoms with Gasteiger partial charge in [-0.15, -0.1) is 11.3 Å². The average Bonchev–Trinajstić information content (AvgIpc) is 2.81. The summed E-state index contributed by atoms with van der Waals surface area (Å²) in [6.45, 7) is 3.50. The Bertz CT molecular complexity index is 527. The smallest absolute Gasteiger partial charge is 0.0898 e. The number of nitrogens with zero attached hydrogens (tertiary/aromatic N) is 3. The highest BCUT2D eigenvalue weighted by Gasteiger charge is 2.08. The van der Waals surface area contributed by atoms with Gasteiger partial charge in [0.2, 0.25) is 0 Å². The van der Waals surface area contributed by atoms with E-state index in [0.717, 1.165) is 29.5 Å². The van der Waals surface area contributed by atoms with Gasteiger partial charge in [0.25, 0.3) is 0 Å². The van der Waals surface area contributed by atoms with Crippen LogP contribution in [-0.4, -0.2) is 11.5 Å². The minimum absolute atomic E-state index is 0.526. The predicted octanol–water partition coefficient (Wildman–Crippen LogP) is 3.37. The second-order valence-corrected chi connectivity index (χ2v) is 5.09. The number of benzene rings is 1. The molecule has 92 valence electrons. The third-order valence-electron chi connectivity index (χ3n) is 2.63. The van der Waals surface area contributed by atoms with E-state index in [1.807, 2.05) is 25.1 Å². The van der Waals surface area contributed by atoms with Crippen molar-refractivity contribution in [1.82, 2.24) is 4.98 Å². The van der Waals surface area contributed by atoms with E-state index in [-0.39, 0.29) is 0 Å². The first kappa shape index (κ1) is 12.6. The van der Waals surface area contributed by atoms with Crippen molar-refractivity contribution >= 4 is 17.0 Å². The summed E-state index contributed by atoms with van der Waals surface area (Å²) in [6.07, 6.45) is 0.526. The van der Waals surface area contributed by atoms with Crippen molar-refractivity contribution in [3.8, 4) is 6.07 Å². The second kappa shape index (κ2) is 6.18. The minimum Gasteiger partial charge on any atom is -0.365 e. The first-order valence-electron chi connectivity index (χ1n) is 5.87. The molecule has 1 heterocycles. The lowest BCUT2D eigenvalue weighted by Crippen LogP contribution is -2.23. The lowest BCUT2D eigenvalue weighted by molar-refractivity contribution is 0.783. The molecule has 0 aliphatic heterocycles. The van der Waals surface area contributed by atoms with Crippen molar-refractivity contribution in [2.75, 3.05) is 11.4 Å². The summed E-state index contributed by atoms with van der Waals surface area (Å²) in [5, 5.41) is 11.9. The molecular weight excluding hydrogens is 242 g/mol. The third-order valence-corrected chi connectivity index (χ3v) is 3.46. The van der Waals surface area contributed by atoms with Crippen molar-refractivity contribution < 1.29 is 0 Å². The van der Waals surface area contributed by atoms with Crippen LogP contribution in [0.1, 0.15) is 17.1 Å². The van der Waals surface area contributed by atoms with Crippen molar-refractivity contribution in [3.05, 3.63) is 46.4 Å². The van der Waals surface area contributed by atoms with Crippen LogP contribution in [0, 0.1) is 18.3 Å². The Morgan fingerprint density at radius 3 is 2.72 bits per heavy atom. The van der Waals surface area contributed by atoms with E-state index in [4.69, 9.17) is 5.26 Å². The highest BCUT2D eigenvalue weighted by molar-refractivity contribution is 7.09. The third kappa shape index (κ3) is 3.31. The molecule has 1 aromatic heterocycles. The fourth-order valence-electron chi connectivity index (χ4n) is 1.80. The van der Waals surface area contributed by atoms with Crippen LogP contribution in [0.5, 0.6) is 0 Å². The van der Waals surface area contributed by atoms with Crippen LogP contribution in [0.3, 0.4) is 0 Å². The molecule has 4 heteroatoms. The number of aromatic nitrogens is 1. The average molecular weight is 257 g/mol. The van der Waals surface area contributed by atoms with Crippen LogP contribution >= 0.6 is 11.3 Å². The van der Waals surface area contributed by atoms with E-state index in [1.165, 1.54) is 0 Å². The predicted molar refractivity (Wildman–Crippen MR) is 74.6 cm³/mol. The van der Waals surface area contributed by atoms with Gasteiger partial charge in [-0.3, -0.25) is 0 Å². The van der Waals surface area contributed by atoms with E-state index in [0.29, 0.717) is 6.42 Å². The van der Waals surface area contributed by atoms with Crippen LogP contribution < -0.4 is 4.90 Å². The number of aryl methyl sites for hydroxylation is 1. The summed E-state index contributed by atoms with van der Waals surface area (Å²) in [5.74, 6) is 0. The first-order chi connectivity index (χ1) is 8.79. The molecule has 0 saturated carbocycles. The summed E-state index contributed by atoms with van der Waals surface area (Å²) >= 11 is 1.66. The maximum Gasteiger partial charge on any atom is 0.0898 e. The normalized spacial score (nSPS) is 10.0. The van der Waals surface area contributed by atoms with Gasteiger partial charge in [0.1, 0.15) is 0 Å². The lowest BCUT2D eigenvalue weighted by Gasteiger charge is -2.22. The van der Waals surface area contributed by atoms with Gasteiger partial charge in [0.15, 0.2) is 0 Å². The maximum absolute atomic E-state index is 8.74. The van der Waals surface area contributed by atoms with Crippen LogP contribution in [0.4, 0.5) is 5.69 Å². The molecule has 0 spiro atoms. The molecule has 0 aliphatic carbocycles. The van der Waals surface area contributed by atoms with Gasteiger partial charge in [0.05, 0.1) is 29.7 Å². The van der Waals surface area contributed by atoms with Crippen molar-refractivity contribution in [3.63, 3.8) is 0 Å². The number of para-hydroxylation sites is 1. The monoisotopic (exact) mass is 257 g/mol. The zero-order valence-corrected chi connectivity index (χ0v) is 11.2. The Hall–Kier alpha value is -1.86. The van der Waals surface area contributed by atoms with Gasteiger partial charge in [0, 0.05) is 17.6 Å². The largest absolute Gasteiger partial charge is 0.365 e. The van der Waals surface area contributed by atoms with Crippen LogP contribution in [0.25, 0.3) is 0 Å². The summed E-state index contributed by atoms with van der Waals surface area (Å²) in [4.78, 5) is 6.67. The molecule has 0 fully saturated rings. The molecule has 0 radical (unpaired) electrons. The van der Waals surface area contributed by atoms with Crippen LogP contribution in [0.2, 0.25) is 0 Å². The van der Waals surface area contributed by atoms with Crippen molar-refractivity contribution in [2.24, 2.45) is 0 Å². The highest BCUT2D eigenvalue weighted by atomic mass is 32.1. The summed E-state index contributed by atoms with van der Waals surface area (Å²) in [7, 11) is 0. The fraction of sp³-hybridized carbons (Fsp3) is 0.286. The van der Waals surface area contributed by atoms with Crippen molar-refractivity contribution in [1.29, 1.82) is 5.26 Å². The van der Waals surface area contributed by atoms with E-state index in [2.05, 4.69) is 33.5 Å². The van der Waals surface area contributed by atoms with E-state index in [9.17, 15) is 0 Å². The van der Waals surface area contributed by atoms with Crippen LogP contribution in [0.15, 0.2) is 35.7 Å². The van der Waals surface area contributed by atoms with E-state index < -0.39 is 0 Å². The number of thiazole rings is 1. The summed E-state index contributed by atoms with van der Waals surface area (Å²) in [5.41, 5.74) is 2.21. The highest BCUT2D eigenvalue weighted by Crippen LogP contribution is 2.18. The molecule has 0 amide bonds. The number of anilines is 1. The number of nitriles is 1. The van der Waals surface area contributed by atoms with Gasteiger partial charge in [-0.25, -0.2) is 4.98 Å². The zero-order chi connectivity index (χ0) is 12.8. The fourth-order valence-corrected chi connectivity index (χ4v) is 2.40. The van der Waals surface area contributed by atoms with Gasteiger partial charge in [-0.1, -0.05) is 18.2 Å². The maximum atomic E-state index is 8.74. The molecule has 1 aromatic carbocycles. The van der Waals surface area contributed by atoms with Gasteiger partial charge < -0.3 is 4.90 Å². The molecule has 2 rings (SSSR count). The standard InChI is InChI=1S/C14H15N3S/c1-12-16-13(11-18-12)10-17(9-5-8-15)14-6-3-2-4-7-14/h2-4,6-7,11H,5,9-10H2,1H3. The van der Waals surface area contributed by atoms with Crippen molar-refractivity contribution in [2.45, 2.75) is 19.9 Å². The molecule has 18 heavy (non-hydrogen) atoms. The molecule has 3 nitrogen and oxygen atoms in total. The SMILES string of the molecule is Cc1nc(CN(CCC#N)c2ccccc2)cs1. The number of hydrogen-bond acceptors (Lipinski definition) is 4.